The minimum Gasteiger partial charge on any atom is -0.469 e. The van der Waals surface area contributed by atoms with E-state index in [-0.39, 0.29) is 33.5 Å². The van der Waals surface area contributed by atoms with E-state index in [1.807, 2.05) is 0 Å². The Morgan fingerprint density at radius 2 is 1.17 bits per heavy atom. The van der Waals surface area contributed by atoms with Gasteiger partial charge < -0.3 is 4.74 Å². The van der Waals surface area contributed by atoms with Crippen molar-refractivity contribution in [1.29, 1.82) is 0 Å². The van der Waals surface area contributed by atoms with Gasteiger partial charge in [0.2, 0.25) is 0 Å². The summed E-state index contributed by atoms with van der Waals surface area (Å²) in [5.41, 5.74) is -0.0160. The Bertz CT molecular complexity index is 762. The summed E-state index contributed by atoms with van der Waals surface area (Å²) in [6, 6.07) is 0. The molecule has 0 spiro atoms. The topological polar surface area (TPSA) is 55.8 Å². The summed E-state index contributed by atoms with van der Waals surface area (Å²) >= 11 is 0. The molecule has 8 aliphatic carbocycles. The van der Waals surface area contributed by atoms with Gasteiger partial charge in [0.15, 0.2) is 0 Å². The number of nitrogens with zero attached hydrogens (tertiary/aromatic N) is 1. The van der Waals surface area contributed by atoms with Crippen LogP contribution < -0.4 is 0 Å². The van der Waals surface area contributed by atoms with E-state index in [0.717, 1.165) is 38.5 Å². The van der Waals surface area contributed by atoms with E-state index >= 15 is 0 Å². The number of hydroxylamine groups is 2. The van der Waals surface area contributed by atoms with Gasteiger partial charge in [0.05, 0.1) is 25.0 Å². The molecule has 0 aromatic carbocycles. The monoisotopic (exact) mass is 415 g/mol. The summed E-state index contributed by atoms with van der Waals surface area (Å²) in [5.74, 6) is 2.94. The molecule has 0 aliphatic heterocycles. The second-order valence-electron chi connectivity index (χ2n) is 12.5. The Kier molecular flexibility index (Phi) is 3.93. The summed E-state index contributed by atoms with van der Waals surface area (Å²) in [6.07, 6.45) is 14.0. The summed E-state index contributed by atoms with van der Waals surface area (Å²) in [7, 11) is 4.96. The van der Waals surface area contributed by atoms with Crippen molar-refractivity contribution in [1.82, 2.24) is 5.06 Å². The second-order valence-corrected chi connectivity index (χ2v) is 12.5. The maximum Gasteiger partial charge on any atom is 0.311 e. The van der Waals surface area contributed by atoms with Crippen molar-refractivity contribution < 1.29 is 19.2 Å². The molecule has 0 heterocycles. The standard InChI is InChI=1S/C25H37NO4/c1-26(30-3)20(27)22-6-16-4-17(7-22)11-24(10-16,14-22)25-12-18-5-19(13-25)9-23(8-18,15-25)21(28)29-2/h16-19H,4-15H2,1-3H3. The van der Waals surface area contributed by atoms with Gasteiger partial charge in [-0.05, 0) is 112 Å². The molecule has 4 atom stereocenters. The molecule has 4 unspecified atom stereocenters. The quantitative estimate of drug-likeness (QED) is 0.506. The third-order valence-electron chi connectivity index (χ3n) is 10.9. The smallest absolute Gasteiger partial charge is 0.311 e. The van der Waals surface area contributed by atoms with Gasteiger partial charge in [-0.3, -0.25) is 14.4 Å². The SMILES string of the molecule is COC(=O)C12CC3CC(C1)CC(C14CC5CC(CC(C(=O)N(C)OC)(C5)C1)C4)(C3)C2. The Morgan fingerprint density at radius 1 is 0.733 bits per heavy atom. The third kappa shape index (κ3) is 2.34. The fraction of sp³-hybridized carbons (Fsp3) is 0.920. The van der Waals surface area contributed by atoms with Crippen LogP contribution in [0, 0.1) is 45.3 Å². The molecule has 30 heavy (non-hydrogen) atoms. The first-order valence-corrected chi connectivity index (χ1v) is 12.2. The number of hydrogen-bond acceptors (Lipinski definition) is 4. The third-order valence-corrected chi connectivity index (χ3v) is 10.9. The molecule has 8 saturated carbocycles. The zero-order valence-corrected chi connectivity index (χ0v) is 18.9. The fourth-order valence-corrected chi connectivity index (χ4v) is 10.9. The van der Waals surface area contributed by atoms with Gasteiger partial charge in [0, 0.05) is 7.05 Å². The predicted molar refractivity (Wildman–Crippen MR) is 111 cm³/mol. The fourth-order valence-electron chi connectivity index (χ4n) is 10.9. The highest BCUT2D eigenvalue weighted by molar-refractivity contribution is 5.82. The maximum atomic E-state index is 13.5. The Balaban J connectivity index is 1.42. The van der Waals surface area contributed by atoms with E-state index in [9.17, 15) is 9.59 Å². The zero-order valence-electron chi connectivity index (χ0n) is 18.9. The van der Waals surface area contributed by atoms with Crippen molar-refractivity contribution in [3.05, 3.63) is 0 Å². The van der Waals surface area contributed by atoms with E-state index in [1.54, 1.807) is 21.3 Å². The molecule has 0 N–H and O–H groups in total. The minimum absolute atomic E-state index is 0.0515. The summed E-state index contributed by atoms with van der Waals surface area (Å²) in [6.45, 7) is 0. The molecule has 8 aliphatic rings. The molecule has 8 bridgehead atoms. The first-order valence-electron chi connectivity index (χ1n) is 12.2. The number of methoxy groups -OCH3 is 1. The van der Waals surface area contributed by atoms with Gasteiger partial charge in [-0.15, -0.1) is 0 Å². The zero-order chi connectivity index (χ0) is 20.9. The average Bonchev–Trinajstić information content (AvgIpc) is 2.70. The van der Waals surface area contributed by atoms with Crippen molar-refractivity contribution in [2.45, 2.75) is 77.0 Å². The molecular weight excluding hydrogens is 378 g/mol. The molecule has 5 nitrogen and oxygen atoms in total. The molecule has 0 saturated heterocycles. The van der Waals surface area contributed by atoms with Crippen LogP contribution in [0.1, 0.15) is 77.0 Å². The van der Waals surface area contributed by atoms with Crippen molar-refractivity contribution in [2.75, 3.05) is 21.3 Å². The molecule has 5 heteroatoms. The lowest BCUT2D eigenvalue weighted by Crippen LogP contribution is -2.67. The maximum absolute atomic E-state index is 13.5. The lowest BCUT2D eigenvalue weighted by Gasteiger charge is -2.73. The number of hydrogen-bond donors (Lipinski definition) is 0. The first kappa shape index (κ1) is 19.6. The average molecular weight is 416 g/mol. The predicted octanol–water partition coefficient (Wildman–Crippen LogP) is 4.35. The lowest BCUT2D eigenvalue weighted by molar-refractivity contribution is -0.247. The van der Waals surface area contributed by atoms with E-state index < -0.39 is 0 Å². The summed E-state index contributed by atoms with van der Waals surface area (Å²) in [4.78, 5) is 31.9. The highest BCUT2D eigenvalue weighted by Gasteiger charge is 2.72. The number of ether oxygens (including phenoxy) is 1. The summed E-state index contributed by atoms with van der Waals surface area (Å²) in [5, 5.41) is 1.50. The normalized spacial score (nSPS) is 52.5. The van der Waals surface area contributed by atoms with Crippen molar-refractivity contribution in [3.63, 3.8) is 0 Å². The Morgan fingerprint density at radius 3 is 1.60 bits per heavy atom. The second kappa shape index (κ2) is 6.02. The number of amides is 1. The molecule has 0 aromatic rings. The number of carbonyl (C=O) groups excluding carboxylic acids is 2. The van der Waals surface area contributed by atoms with Gasteiger partial charge >= 0.3 is 5.97 Å². The van der Waals surface area contributed by atoms with Gasteiger partial charge in [0.1, 0.15) is 0 Å². The Hall–Kier alpha value is -1.10. The van der Waals surface area contributed by atoms with Crippen LogP contribution in [0.3, 0.4) is 0 Å². The highest BCUT2D eigenvalue weighted by Crippen LogP contribution is 2.78. The Labute approximate surface area is 180 Å². The van der Waals surface area contributed by atoms with Crippen molar-refractivity contribution in [2.24, 2.45) is 45.3 Å². The number of carbonyl (C=O) groups is 2. The van der Waals surface area contributed by atoms with E-state index in [1.165, 1.54) is 43.6 Å². The van der Waals surface area contributed by atoms with Crippen molar-refractivity contribution in [3.8, 4) is 0 Å². The molecule has 8 rings (SSSR count). The van der Waals surface area contributed by atoms with Gasteiger partial charge in [-0.1, -0.05) is 0 Å². The number of esters is 1. The van der Waals surface area contributed by atoms with Crippen LogP contribution in [-0.2, 0) is 19.2 Å². The van der Waals surface area contributed by atoms with Crippen LogP contribution in [0.2, 0.25) is 0 Å². The van der Waals surface area contributed by atoms with Crippen LogP contribution >= 0.6 is 0 Å². The highest BCUT2D eigenvalue weighted by atomic mass is 16.7. The van der Waals surface area contributed by atoms with E-state index in [4.69, 9.17) is 9.57 Å². The first-order chi connectivity index (χ1) is 14.3. The molecule has 0 aromatic heterocycles. The minimum atomic E-state index is -0.247. The van der Waals surface area contributed by atoms with Crippen LogP contribution in [0.4, 0.5) is 0 Å². The molecule has 8 fully saturated rings. The van der Waals surface area contributed by atoms with Gasteiger partial charge in [-0.25, -0.2) is 5.06 Å². The summed E-state index contributed by atoms with van der Waals surface area (Å²) < 4.78 is 5.39. The van der Waals surface area contributed by atoms with Crippen molar-refractivity contribution >= 4 is 11.9 Å². The van der Waals surface area contributed by atoms with Crippen LogP contribution in [0.25, 0.3) is 0 Å². The molecule has 0 radical (unpaired) electrons. The van der Waals surface area contributed by atoms with Gasteiger partial charge in [-0.2, -0.15) is 0 Å². The molecular formula is C25H37NO4. The molecule has 1 amide bonds. The number of rotatable bonds is 4. The van der Waals surface area contributed by atoms with Crippen LogP contribution in [0.15, 0.2) is 0 Å². The van der Waals surface area contributed by atoms with Crippen LogP contribution in [-0.4, -0.2) is 38.2 Å². The molecule has 166 valence electrons. The van der Waals surface area contributed by atoms with Gasteiger partial charge in [0.25, 0.3) is 5.91 Å². The van der Waals surface area contributed by atoms with Crippen LogP contribution in [0.5, 0.6) is 0 Å². The lowest BCUT2D eigenvalue weighted by atomic mass is 9.31. The van der Waals surface area contributed by atoms with E-state index in [2.05, 4.69) is 0 Å². The largest absolute Gasteiger partial charge is 0.469 e. The van der Waals surface area contributed by atoms with E-state index in [0.29, 0.717) is 23.7 Å².